The number of hydrogen-bond donors (Lipinski definition) is 1. The summed E-state index contributed by atoms with van der Waals surface area (Å²) < 4.78 is 5.15. The van der Waals surface area contributed by atoms with Crippen LogP contribution in [0.2, 0.25) is 0 Å². The van der Waals surface area contributed by atoms with Gasteiger partial charge in [-0.05, 0) is 20.8 Å². The standard InChI is InChI=1S/C12H13N3O3/c1-12(2,3)18-11(17)7-4-14-8-5-13-6-15-9(8)10(7)16/h4-6H,1-3H3,(H,14,16). The van der Waals surface area contributed by atoms with Crippen molar-refractivity contribution < 1.29 is 9.53 Å². The molecule has 0 saturated heterocycles. The van der Waals surface area contributed by atoms with E-state index in [1.165, 1.54) is 18.7 Å². The molecule has 2 heterocycles. The van der Waals surface area contributed by atoms with Crippen LogP contribution in [0.25, 0.3) is 11.0 Å². The highest BCUT2D eigenvalue weighted by molar-refractivity contribution is 5.92. The molecule has 0 bridgehead atoms. The fourth-order valence-electron chi connectivity index (χ4n) is 1.44. The molecule has 0 atom stereocenters. The van der Waals surface area contributed by atoms with Crippen molar-refractivity contribution in [2.45, 2.75) is 26.4 Å². The smallest absolute Gasteiger partial charge is 0.344 e. The second-order valence-electron chi connectivity index (χ2n) is 4.82. The lowest BCUT2D eigenvalue weighted by molar-refractivity contribution is 0.00679. The highest BCUT2D eigenvalue weighted by atomic mass is 16.6. The summed E-state index contributed by atoms with van der Waals surface area (Å²) in [5.74, 6) is -0.663. The number of fused-ring (bicyclic) bond motifs is 1. The number of aromatic amines is 1. The lowest BCUT2D eigenvalue weighted by Crippen LogP contribution is -2.27. The zero-order valence-electron chi connectivity index (χ0n) is 10.4. The second kappa shape index (κ2) is 4.21. The Morgan fingerprint density at radius 1 is 1.39 bits per heavy atom. The molecule has 6 heteroatoms. The maximum Gasteiger partial charge on any atom is 0.344 e. The molecule has 94 valence electrons. The molecule has 18 heavy (non-hydrogen) atoms. The summed E-state index contributed by atoms with van der Waals surface area (Å²) in [4.78, 5) is 34.3. The number of H-pyrrole nitrogens is 1. The van der Waals surface area contributed by atoms with Gasteiger partial charge in [-0.2, -0.15) is 0 Å². The first-order valence-corrected chi connectivity index (χ1v) is 5.43. The molecule has 0 aliphatic carbocycles. The van der Waals surface area contributed by atoms with Gasteiger partial charge >= 0.3 is 5.97 Å². The molecule has 0 amide bonds. The van der Waals surface area contributed by atoms with E-state index in [1.54, 1.807) is 20.8 Å². The first kappa shape index (κ1) is 12.2. The fourth-order valence-corrected chi connectivity index (χ4v) is 1.44. The number of carbonyl (C=O) groups is 1. The summed E-state index contributed by atoms with van der Waals surface area (Å²) in [7, 11) is 0. The molecule has 0 unspecified atom stereocenters. The molecule has 0 aliphatic heterocycles. The minimum absolute atomic E-state index is 0.0591. The van der Waals surface area contributed by atoms with Crippen LogP contribution in [0.3, 0.4) is 0 Å². The molecule has 0 aromatic carbocycles. The van der Waals surface area contributed by atoms with Crippen LogP contribution in [-0.2, 0) is 4.74 Å². The number of ether oxygens (including phenoxy) is 1. The summed E-state index contributed by atoms with van der Waals surface area (Å²) in [5.41, 5.74) is -0.510. The number of nitrogens with zero attached hydrogens (tertiary/aromatic N) is 2. The molecule has 1 N–H and O–H groups in total. The van der Waals surface area contributed by atoms with E-state index in [2.05, 4.69) is 15.0 Å². The second-order valence-corrected chi connectivity index (χ2v) is 4.82. The summed E-state index contributed by atoms with van der Waals surface area (Å²) in [6, 6.07) is 0. The molecule has 0 radical (unpaired) electrons. The van der Waals surface area contributed by atoms with Crippen molar-refractivity contribution in [2.75, 3.05) is 0 Å². The van der Waals surface area contributed by atoms with E-state index in [9.17, 15) is 9.59 Å². The SMILES string of the molecule is CC(C)(C)OC(=O)c1c[nH]c2cncnc2c1=O. The molecular formula is C12H13N3O3. The zero-order chi connectivity index (χ0) is 13.3. The number of aromatic nitrogens is 3. The number of hydrogen-bond acceptors (Lipinski definition) is 5. The number of pyridine rings is 1. The van der Waals surface area contributed by atoms with Gasteiger partial charge in [-0.15, -0.1) is 0 Å². The Hall–Kier alpha value is -2.24. The quantitative estimate of drug-likeness (QED) is 0.767. The maximum absolute atomic E-state index is 12.0. The van der Waals surface area contributed by atoms with Gasteiger partial charge in [0.2, 0.25) is 5.43 Å². The van der Waals surface area contributed by atoms with Gasteiger partial charge in [-0.1, -0.05) is 0 Å². The van der Waals surface area contributed by atoms with Gasteiger partial charge in [0.1, 0.15) is 23.0 Å². The van der Waals surface area contributed by atoms with Gasteiger partial charge in [0.05, 0.1) is 11.7 Å². The van der Waals surface area contributed by atoms with Gasteiger partial charge in [0, 0.05) is 6.20 Å². The van der Waals surface area contributed by atoms with Gasteiger partial charge in [-0.3, -0.25) is 4.79 Å². The van der Waals surface area contributed by atoms with Crippen molar-refractivity contribution in [3.8, 4) is 0 Å². The van der Waals surface area contributed by atoms with Crippen LogP contribution < -0.4 is 5.43 Å². The number of carbonyl (C=O) groups excluding carboxylic acids is 1. The van der Waals surface area contributed by atoms with Crippen molar-refractivity contribution in [2.24, 2.45) is 0 Å². The van der Waals surface area contributed by atoms with E-state index in [4.69, 9.17) is 4.74 Å². The maximum atomic E-state index is 12.0. The van der Waals surface area contributed by atoms with Crippen LogP contribution in [0.4, 0.5) is 0 Å². The average molecular weight is 247 g/mol. The van der Waals surface area contributed by atoms with Gasteiger partial charge < -0.3 is 9.72 Å². The summed E-state index contributed by atoms with van der Waals surface area (Å²) in [6.07, 6.45) is 4.06. The first-order valence-electron chi connectivity index (χ1n) is 5.43. The molecule has 0 spiro atoms. The van der Waals surface area contributed by atoms with Crippen LogP contribution in [0.5, 0.6) is 0 Å². The lowest BCUT2D eigenvalue weighted by atomic mass is 10.2. The van der Waals surface area contributed by atoms with Crippen LogP contribution in [0.1, 0.15) is 31.1 Å². The lowest BCUT2D eigenvalue weighted by Gasteiger charge is -2.19. The summed E-state index contributed by atoms with van der Waals surface area (Å²) in [5, 5.41) is 0. The Morgan fingerprint density at radius 2 is 2.11 bits per heavy atom. The van der Waals surface area contributed by atoms with Gasteiger partial charge in [-0.25, -0.2) is 14.8 Å². The highest BCUT2D eigenvalue weighted by Crippen LogP contribution is 2.11. The van der Waals surface area contributed by atoms with E-state index >= 15 is 0 Å². The minimum atomic E-state index is -0.663. The molecular weight excluding hydrogens is 234 g/mol. The van der Waals surface area contributed by atoms with E-state index in [0.29, 0.717) is 5.52 Å². The Balaban J connectivity index is 2.50. The monoisotopic (exact) mass is 247 g/mol. The third-order valence-corrected chi connectivity index (χ3v) is 2.16. The minimum Gasteiger partial charge on any atom is -0.456 e. The van der Waals surface area contributed by atoms with Crippen molar-refractivity contribution >= 4 is 17.0 Å². The van der Waals surface area contributed by atoms with E-state index < -0.39 is 17.0 Å². The largest absolute Gasteiger partial charge is 0.456 e. The number of esters is 1. The number of nitrogens with one attached hydrogen (secondary N) is 1. The van der Waals surface area contributed by atoms with Crippen LogP contribution in [0.15, 0.2) is 23.5 Å². The molecule has 6 nitrogen and oxygen atoms in total. The zero-order valence-corrected chi connectivity index (χ0v) is 10.4. The van der Waals surface area contributed by atoms with Crippen LogP contribution in [-0.4, -0.2) is 26.5 Å². The van der Waals surface area contributed by atoms with Crippen LogP contribution in [0, 0.1) is 0 Å². The average Bonchev–Trinajstić information content (AvgIpc) is 2.27. The summed E-state index contributed by atoms with van der Waals surface area (Å²) >= 11 is 0. The third-order valence-electron chi connectivity index (χ3n) is 2.16. The Morgan fingerprint density at radius 3 is 2.78 bits per heavy atom. The third kappa shape index (κ3) is 2.37. The Labute approximate surface area is 103 Å². The van der Waals surface area contributed by atoms with E-state index in [1.807, 2.05) is 0 Å². The molecule has 0 saturated carbocycles. The van der Waals surface area contributed by atoms with E-state index in [-0.39, 0.29) is 11.1 Å². The van der Waals surface area contributed by atoms with Crippen LogP contribution >= 0.6 is 0 Å². The van der Waals surface area contributed by atoms with Crippen molar-refractivity contribution in [1.82, 2.24) is 15.0 Å². The normalized spacial score (nSPS) is 11.5. The summed E-state index contributed by atoms with van der Waals surface area (Å²) in [6.45, 7) is 5.22. The van der Waals surface area contributed by atoms with Gasteiger partial charge in [0.25, 0.3) is 0 Å². The Kier molecular flexibility index (Phi) is 2.86. The predicted molar refractivity (Wildman–Crippen MR) is 65.3 cm³/mol. The molecule has 0 fully saturated rings. The first-order chi connectivity index (χ1) is 8.38. The van der Waals surface area contributed by atoms with E-state index in [0.717, 1.165) is 0 Å². The number of rotatable bonds is 1. The highest BCUT2D eigenvalue weighted by Gasteiger charge is 2.21. The topological polar surface area (TPSA) is 84.9 Å². The van der Waals surface area contributed by atoms with Crippen molar-refractivity contribution in [3.63, 3.8) is 0 Å². The Bertz CT molecular complexity index is 655. The molecule has 0 aliphatic rings. The molecule has 2 aromatic rings. The fraction of sp³-hybridized carbons (Fsp3) is 0.333. The van der Waals surface area contributed by atoms with Gasteiger partial charge in [0.15, 0.2) is 0 Å². The van der Waals surface area contributed by atoms with Crippen molar-refractivity contribution in [3.05, 3.63) is 34.5 Å². The van der Waals surface area contributed by atoms with Crippen molar-refractivity contribution in [1.29, 1.82) is 0 Å². The molecule has 2 aromatic heterocycles. The molecule has 2 rings (SSSR count). The predicted octanol–water partition coefficient (Wildman–Crippen LogP) is 1.27.